The largest absolute Gasteiger partial charge is 0.330 e. The molecule has 1 aromatic heterocycles. The molecular weight excluding hydrogens is 150 g/mol. The molecule has 66 valence electrons. The topological polar surface area (TPSA) is 51.8 Å². The quantitative estimate of drug-likeness (QED) is 0.729. The van der Waals surface area contributed by atoms with Crippen molar-refractivity contribution in [1.82, 2.24) is 9.97 Å². The Kier molecular flexibility index (Phi) is 2.76. The van der Waals surface area contributed by atoms with Gasteiger partial charge in [-0.3, -0.25) is 0 Å². The number of aromatic nitrogens is 2. The van der Waals surface area contributed by atoms with E-state index in [4.69, 9.17) is 5.73 Å². The van der Waals surface area contributed by atoms with Gasteiger partial charge >= 0.3 is 0 Å². The molecule has 1 rings (SSSR count). The van der Waals surface area contributed by atoms with Gasteiger partial charge in [0.05, 0.1) is 0 Å². The van der Waals surface area contributed by atoms with E-state index in [1.54, 1.807) is 12.4 Å². The van der Waals surface area contributed by atoms with Crippen LogP contribution < -0.4 is 5.73 Å². The zero-order valence-electron chi connectivity index (χ0n) is 7.62. The maximum Gasteiger partial charge on any atom is 0.133 e. The van der Waals surface area contributed by atoms with Crippen molar-refractivity contribution in [3.8, 4) is 0 Å². The predicted octanol–water partition coefficient (Wildman–Crippen LogP) is 1.10. The normalized spacial score (nSPS) is 11.6. The first-order valence-electron chi connectivity index (χ1n) is 4.14. The van der Waals surface area contributed by atoms with Gasteiger partial charge in [0.1, 0.15) is 5.82 Å². The van der Waals surface area contributed by atoms with Gasteiger partial charge in [-0.2, -0.15) is 0 Å². The highest BCUT2D eigenvalue weighted by molar-refractivity contribution is 5.03. The third-order valence-corrected chi connectivity index (χ3v) is 1.94. The first-order valence-corrected chi connectivity index (χ1v) is 4.14. The van der Waals surface area contributed by atoms with Crippen molar-refractivity contribution >= 4 is 0 Å². The summed E-state index contributed by atoms with van der Waals surface area (Å²) in [6, 6.07) is 1.82. The minimum Gasteiger partial charge on any atom is -0.330 e. The van der Waals surface area contributed by atoms with Crippen molar-refractivity contribution in [2.24, 2.45) is 5.73 Å². The van der Waals surface area contributed by atoms with E-state index < -0.39 is 0 Å². The average molecular weight is 165 g/mol. The van der Waals surface area contributed by atoms with Crippen LogP contribution in [0.2, 0.25) is 0 Å². The number of nitrogens with two attached hydrogens (primary N) is 1. The molecular formula is C9H15N3. The molecule has 2 N–H and O–H groups in total. The second kappa shape index (κ2) is 3.63. The summed E-state index contributed by atoms with van der Waals surface area (Å²) in [6.45, 7) is 4.88. The minimum absolute atomic E-state index is 0.00396. The van der Waals surface area contributed by atoms with Crippen molar-refractivity contribution in [2.45, 2.75) is 25.7 Å². The van der Waals surface area contributed by atoms with Gasteiger partial charge in [0.25, 0.3) is 0 Å². The SMILES string of the molecule is CC(C)(CCN)c1ncccn1. The summed E-state index contributed by atoms with van der Waals surface area (Å²) in [5.41, 5.74) is 5.49. The smallest absolute Gasteiger partial charge is 0.133 e. The first kappa shape index (κ1) is 9.13. The van der Waals surface area contributed by atoms with E-state index in [1.807, 2.05) is 6.07 Å². The van der Waals surface area contributed by atoms with Gasteiger partial charge in [-0.25, -0.2) is 9.97 Å². The number of hydrogen-bond donors (Lipinski definition) is 1. The highest BCUT2D eigenvalue weighted by Crippen LogP contribution is 2.21. The van der Waals surface area contributed by atoms with Crippen LogP contribution in [0.5, 0.6) is 0 Å². The summed E-state index contributed by atoms with van der Waals surface area (Å²) < 4.78 is 0. The van der Waals surface area contributed by atoms with E-state index >= 15 is 0 Å². The Labute approximate surface area is 73.0 Å². The molecule has 1 aromatic rings. The van der Waals surface area contributed by atoms with Crippen LogP contribution in [0.25, 0.3) is 0 Å². The highest BCUT2D eigenvalue weighted by atomic mass is 14.9. The molecule has 0 unspecified atom stereocenters. The van der Waals surface area contributed by atoms with Crippen LogP contribution in [0.4, 0.5) is 0 Å². The Morgan fingerprint density at radius 3 is 2.42 bits per heavy atom. The lowest BCUT2D eigenvalue weighted by Gasteiger charge is -2.21. The zero-order valence-corrected chi connectivity index (χ0v) is 7.62. The Morgan fingerprint density at radius 1 is 1.33 bits per heavy atom. The van der Waals surface area contributed by atoms with Crippen LogP contribution in [-0.2, 0) is 5.41 Å². The fourth-order valence-electron chi connectivity index (χ4n) is 1.12. The molecule has 3 nitrogen and oxygen atoms in total. The molecule has 0 radical (unpaired) electrons. The minimum atomic E-state index is -0.00396. The Morgan fingerprint density at radius 2 is 1.92 bits per heavy atom. The molecule has 0 fully saturated rings. The lowest BCUT2D eigenvalue weighted by atomic mass is 9.88. The number of hydrogen-bond acceptors (Lipinski definition) is 3. The van der Waals surface area contributed by atoms with Crippen molar-refractivity contribution < 1.29 is 0 Å². The maximum atomic E-state index is 5.50. The summed E-state index contributed by atoms with van der Waals surface area (Å²) in [4.78, 5) is 8.40. The second-order valence-electron chi connectivity index (χ2n) is 3.49. The van der Waals surface area contributed by atoms with E-state index in [1.165, 1.54) is 0 Å². The van der Waals surface area contributed by atoms with Gasteiger partial charge in [0.2, 0.25) is 0 Å². The van der Waals surface area contributed by atoms with Crippen LogP contribution in [0.3, 0.4) is 0 Å². The Balaban J connectivity index is 2.82. The van der Waals surface area contributed by atoms with Gasteiger partial charge in [-0.1, -0.05) is 13.8 Å². The average Bonchev–Trinajstić information content (AvgIpc) is 2.06. The molecule has 0 spiro atoms. The third kappa shape index (κ3) is 2.01. The van der Waals surface area contributed by atoms with Gasteiger partial charge in [-0.05, 0) is 19.0 Å². The van der Waals surface area contributed by atoms with Gasteiger partial charge in [0.15, 0.2) is 0 Å². The molecule has 12 heavy (non-hydrogen) atoms. The first-order chi connectivity index (χ1) is 5.67. The van der Waals surface area contributed by atoms with E-state index in [0.717, 1.165) is 12.2 Å². The molecule has 0 aliphatic rings. The van der Waals surface area contributed by atoms with E-state index in [9.17, 15) is 0 Å². The lowest BCUT2D eigenvalue weighted by molar-refractivity contribution is 0.457. The second-order valence-corrected chi connectivity index (χ2v) is 3.49. The van der Waals surface area contributed by atoms with E-state index in [0.29, 0.717) is 6.54 Å². The molecule has 0 aliphatic heterocycles. The number of nitrogens with zero attached hydrogens (tertiary/aromatic N) is 2. The molecule has 0 amide bonds. The monoisotopic (exact) mass is 165 g/mol. The van der Waals surface area contributed by atoms with Crippen molar-refractivity contribution in [3.63, 3.8) is 0 Å². The maximum absolute atomic E-state index is 5.50. The summed E-state index contributed by atoms with van der Waals surface area (Å²) in [5, 5.41) is 0. The molecule has 3 heteroatoms. The van der Waals surface area contributed by atoms with Crippen LogP contribution in [0.15, 0.2) is 18.5 Å². The summed E-state index contributed by atoms with van der Waals surface area (Å²) in [5.74, 6) is 0.871. The van der Waals surface area contributed by atoms with Crippen LogP contribution in [0, 0.1) is 0 Å². The van der Waals surface area contributed by atoms with Gasteiger partial charge in [0, 0.05) is 17.8 Å². The molecule has 0 saturated carbocycles. The molecule has 1 heterocycles. The number of rotatable bonds is 3. The molecule has 0 bridgehead atoms. The fourth-order valence-corrected chi connectivity index (χ4v) is 1.12. The molecule has 0 aliphatic carbocycles. The van der Waals surface area contributed by atoms with Crippen LogP contribution in [0.1, 0.15) is 26.1 Å². The summed E-state index contributed by atoms with van der Waals surface area (Å²) >= 11 is 0. The van der Waals surface area contributed by atoms with Crippen molar-refractivity contribution in [2.75, 3.05) is 6.54 Å². The van der Waals surface area contributed by atoms with E-state index in [-0.39, 0.29) is 5.41 Å². The Hall–Kier alpha value is -0.960. The zero-order chi connectivity index (χ0) is 9.03. The standard InChI is InChI=1S/C9H15N3/c1-9(2,4-5-10)8-11-6-3-7-12-8/h3,6-7H,4-5,10H2,1-2H3. The van der Waals surface area contributed by atoms with Crippen LogP contribution >= 0.6 is 0 Å². The molecule has 0 saturated heterocycles. The molecule has 0 atom stereocenters. The predicted molar refractivity (Wildman–Crippen MR) is 48.7 cm³/mol. The summed E-state index contributed by atoms with van der Waals surface area (Å²) in [6.07, 6.45) is 4.44. The fraction of sp³-hybridized carbons (Fsp3) is 0.556. The van der Waals surface area contributed by atoms with Crippen LogP contribution in [-0.4, -0.2) is 16.5 Å². The third-order valence-electron chi connectivity index (χ3n) is 1.94. The summed E-state index contributed by atoms with van der Waals surface area (Å²) in [7, 11) is 0. The van der Waals surface area contributed by atoms with Crippen molar-refractivity contribution in [3.05, 3.63) is 24.3 Å². The lowest BCUT2D eigenvalue weighted by Crippen LogP contribution is -2.24. The van der Waals surface area contributed by atoms with Gasteiger partial charge in [-0.15, -0.1) is 0 Å². The van der Waals surface area contributed by atoms with E-state index in [2.05, 4.69) is 23.8 Å². The highest BCUT2D eigenvalue weighted by Gasteiger charge is 2.21. The van der Waals surface area contributed by atoms with Gasteiger partial charge < -0.3 is 5.73 Å². The molecule has 0 aromatic carbocycles. The van der Waals surface area contributed by atoms with Crippen molar-refractivity contribution in [1.29, 1.82) is 0 Å². The Bertz CT molecular complexity index is 231.